The Kier molecular flexibility index (Phi) is 7.25. The second kappa shape index (κ2) is 10.7. The molecule has 0 radical (unpaired) electrons. The van der Waals surface area contributed by atoms with Gasteiger partial charge in [0, 0.05) is 24.3 Å². The molecule has 1 saturated heterocycles. The summed E-state index contributed by atoms with van der Waals surface area (Å²) in [4.78, 5) is 14.8. The molecular weight excluding hydrogens is 406 g/mol. The average Bonchev–Trinajstić information content (AvgIpc) is 3.31. The van der Waals surface area contributed by atoms with Crippen LogP contribution in [0.3, 0.4) is 0 Å². The Balaban J connectivity index is 1.29. The third-order valence-electron chi connectivity index (χ3n) is 5.13. The van der Waals surface area contributed by atoms with Gasteiger partial charge < -0.3 is 23.5 Å². The van der Waals surface area contributed by atoms with Crippen molar-refractivity contribution in [2.75, 3.05) is 37.8 Å². The summed E-state index contributed by atoms with van der Waals surface area (Å²) in [5, 5.41) is 0. The van der Waals surface area contributed by atoms with Gasteiger partial charge in [-0.05, 0) is 79.7 Å². The van der Waals surface area contributed by atoms with E-state index in [1.54, 1.807) is 6.08 Å². The van der Waals surface area contributed by atoms with Crippen molar-refractivity contribution >= 4 is 17.5 Å². The van der Waals surface area contributed by atoms with Gasteiger partial charge >= 0.3 is 0 Å². The fraction of sp³-hybridized carbons (Fsp3) is 0.269. The molecule has 1 fully saturated rings. The number of ether oxygens (including phenoxy) is 3. The van der Waals surface area contributed by atoms with Gasteiger partial charge in [-0.3, -0.25) is 4.79 Å². The Labute approximate surface area is 188 Å². The third kappa shape index (κ3) is 5.80. The summed E-state index contributed by atoms with van der Waals surface area (Å²) in [6.45, 7) is 6.10. The van der Waals surface area contributed by atoms with Crippen molar-refractivity contribution in [2.24, 2.45) is 0 Å². The average molecular weight is 434 g/mol. The number of rotatable bonds is 9. The highest BCUT2D eigenvalue weighted by Gasteiger charge is 2.11. The predicted octanol–water partition coefficient (Wildman–Crippen LogP) is 4.99. The fourth-order valence-electron chi connectivity index (χ4n) is 3.43. The zero-order valence-electron chi connectivity index (χ0n) is 18.2. The van der Waals surface area contributed by atoms with Crippen LogP contribution in [-0.2, 0) is 11.3 Å². The molecule has 0 aliphatic carbocycles. The van der Waals surface area contributed by atoms with Crippen molar-refractivity contribution in [1.82, 2.24) is 0 Å². The summed E-state index contributed by atoms with van der Waals surface area (Å²) < 4.78 is 22.3. The molecule has 0 atom stereocenters. The van der Waals surface area contributed by atoms with Crippen LogP contribution in [0.15, 0.2) is 71.2 Å². The lowest BCUT2D eigenvalue weighted by Crippen LogP contribution is -2.36. The molecule has 0 spiro atoms. The quantitative estimate of drug-likeness (QED) is 0.350. The molecule has 32 heavy (non-hydrogen) atoms. The van der Waals surface area contributed by atoms with Crippen LogP contribution in [0.2, 0.25) is 0 Å². The van der Waals surface area contributed by atoms with E-state index in [4.69, 9.17) is 18.6 Å². The molecule has 3 aromatic rings. The van der Waals surface area contributed by atoms with Crippen LogP contribution in [0.5, 0.6) is 11.5 Å². The number of anilines is 1. The molecule has 1 aliphatic rings. The highest BCUT2D eigenvalue weighted by atomic mass is 16.5. The Morgan fingerprint density at radius 3 is 2.31 bits per heavy atom. The van der Waals surface area contributed by atoms with E-state index in [1.807, 2.05) is 67.6 Å². The number of ketones is 1. The molecule has 0 N–H and O–H groups in total. The number of hydrogen-bond donors (Lipinski definition) is 0. The number of hydrogen-bond acceptors (Lipinski definition) is 6. The Bertz CT molecular complexity index is 1030. The number of allylic oxidation sites excluding steroid dienone is 1. The Morgan fingerprint density at radius 2 is 1.62 bits per heavy atom. The minimum Gasteiger partial charge on any atom is -0.494 e. The summed E-state index contributed by atoms with van der Waals surface area (Å²) in [6.07, 6.45) is 3.21. The van der Waals surface area contributed by atoms with E-state index in [2.05, 4.69) is 4.90 Å². The van der Waals surface area contributed by atoms with E-state index >= 15 is 0 Å². The summed E-state index contributed by atoms with van der Waals surface area (Å²) >= 11 is 0. The van der Waals surface area contributed by atoms with E-state index < -0.39 is 0 Å². The van der Waals surface area contributed by atoms with Crippen LogP contribution in [-0.4, -0.2) is 38.7 Å². The van der Waals surface area contributed by atoms with E-state index in [9.17, 15) is 4.79 Å². The standard InChI is InChI=1S/C26H27NO5/c1-2-30-22-7-9-23(10-8-22)31-19-25-12-11-24(32-25)13-14-26(28)20-3-5-21(6-4-20)27-15-17-29-18-16-27/h3-14H,2,15-19H2,1H3/b14-13+. The van der Waals surface area contributed by atoms with Crippen molar-refractivity contribution in [3.8, 4) is 11.5 Å². The van der Waals surface area contributed by atoms with Crippen LogP contribution >= 0.6 is 0 Å². The van der Waals surface area contributed by atoms with Crippen molar-refractivity contribution < 1.29 is 23.4 Å². The largest absolute Gasteiger partial charge is 0.494 e. The van der Waals surface area contributed by atoms with Gasteiger partial charge in [-0.15, -0.1) is 0 Å². The van der Waals surface area contributed by atoms with Crippen LogP contribution in [0.1, 0.15) is 28.8 Å². The second-order valence-corrected chi connectivity index (χ2v) is 7.34. The molecule has 0 saturated carbocycles. The number of benzene rings is 2. The smallest absolute Gasteiger partial charge is 0.185 e. The van der Waals surface area contributed by atoms with Crippen LogP contribution < -0.4 is 14.4 Å². The van der Waals surface area contributed by atoms with Gasteiger partial charge in [-0.1, -0.05) is 0 Å². The molecule has 4 rings (SSSR count). The summed E-state index contributed by atoms with van der Waals surface area (Å²) in [5.74, 6) is 2.76. The van der Waals surface area contributed by atoms with Gasteiger partial charge in [0.15, 0.2) is 5.78 Å². The first-order valence-electron chi connectivity index (χ1n) is 10.8. The predicted molar refractivity (Wildman–Crippen MR) is 123 cm³/mol. The summed E-state index contributed by atoms with van der Waals surface area (Å²) in [6, 6.07) is 18.8. The monoisotopic (exact) mass is 433 g/mol. The minimum absolute atomic E-state index is 0.0675. The lowest BCUT2D eigenvalue weighted by Gasteiger charge is -2.28. The van der Waals surface area contributed by atoms with Crippen molar-refractivity contribution in [1.29, 1.82) is 0 Å². The number of carbonyl (C=O) groups is 1. The van der Waals surface area contributed by atoms with Crippen LogP contribution in [0, 0.1) is 0 Å². The molecule has 166 valence electrons. The Morgan fingerprint density at radius 1 is 0.938 bits per heavy atom. The lowest BCUT2D eigenvalue weighted by atomic mass is 10.1. The molecule has 2 aromatic carbocycles. The lowest BCUT2D eigenvalue weighted by molar-refractivity contribution is 0.104. The summed E-state index contributed by atoms with van der Waals surface area (Å²) in [5.41, 5.74) is 1.75. The van der Waals surface area contributed by atoms with Gasteiger partial charge in [-0.25, -0.2) is 0 Å². The first-order chi connectivity index (χ1) is 15.7. The van der Waals surface area contributed by atoms with Crippen LogP contribution in [0.4, 0.5) is 5.69 Å². The maximum Gasteiger partial charge on any atom is 0.185 e. The van der Waals surface area contributed by atoms with E-state index in [-0.39, 0.29) is 5.78 Å². The highest BCUT2D eigenvalue weighted by Crippen LogP contribution is 2.20. The molecule has 0 amide bonds. The van der Waals surface area contributed by atoms with E-state index in [1.165, 1.54) is 6.08 Å². The Hall–Kier alpha value is -3.51. The maximum absolute atomic E-state index is 12.5. The first-order valence-corrected chi connectivity index (χ1v) is 10.8. The first kappa shape index (κ1) is 21.7. The van der Waals surface area contributed by atoms with Crippen molar-refractivity contribution in [3.05, 3.63) is 83.8 Å². The number of furan rings is 1. The fourth-order valence-corrected chi connectivity index (χ4v) is 3.43. The minimum atomic E-state index is -0.0675. The van der Waals surface area contributed by atoms with Gasteiger partial charge in [0.1, 0.15) is 29.6 Å². The van der Waals surface area contributed by atoms with E-state index in [0.717, 1.165) is 43.5 Å². The highest BCUT2D eigenvalue weighted by molar-refractivity contribution is 6.06. The number of nitrogens with zero attached hydrogens (tertiary/aromatic N) is 1. The van der Waals surface area contributed by atoms with Gasteiger partial charge in [-0.2, -0.15) is 0 Å². The number of morpholine rings is 1. The van der Waals surface area contributed by atoms with Gasteiger partial charge in [0.05, 0.1) is 19.8 Å². The van der Waals surface area contributed by atoms with Crippen molar-refractivity contribution in [3.63, 3.8) is 0 Å². The maximum atomic E-state index is 12.5. The number of carbonyl (C=O) groups excluding carboxylic acids is 1. The molecule has 6 heteroatoms. The van der Waals surface area contributed by atoms with E-state index in [0.29, 0.717) is 30.3 Å². The zero-order chi connectivity index (χ0) is 22.2. The van der Waals surface area contributed by atoms with Gasteiger partial charge in [0.25, 0.3) is 0 Å². The molecular formula is C26H27NO5. The second-order valence-electron chi connectivity index (χ2n) is 7.34. The third-order valence-corrected chi connectivity index (χ3v) is 5.13. The molecule has 0 bridgehead atoms. The summed E-state index contributed by atoms with van der Waals surface area (Å²) in [7, 11) is 0. The van der Waals surface area contributed by atoms with Crippen LogP contribution in [0.25, 0.3) is 6.08 Å². The SMILES string of the molecule is CCOc1ccc(OCc2ccc(/C=C/C(=O)c3ccc(N4CCOCC4)cc3)o2)cc1. The zero-order valence-corrected chi connectivity index (χ0v) is 18.2. The molecule has 2 heterocycles. The normalized spacial score (nSPS) is 14.0. The van der Waals surface area contributed by atoms with Gasteiger partial charge in [0.2, 0.25) is 0 Å². The van der Waals surface area contributed by atoms with Crippen molar-refractivity contribution in [2.45, 2.75) is 13.5 Å². The molecule has 1 aliphatic heterocycles. The molecule has 1 aromatic heterocycles. The molecule has 6 nitrogen and oxygen atoms in total. The molecule has 0 unspecified atom stereocenters. The topological polar surface area (TPSA) is 61.1 Å².